The van der Waals surface area contributed by atoms with Crippen molar-refractivity contribution in [2.45, 2.75) is 31.5 Å². The first-order valence-electron chi connectivity index (χ1n) is 11.2. The third-order valence-electron chi connectivity index (χ3n) is 5.94. The van der Waals surface area contributed by atoms with Crippen molar-refractivity contribution in [3.63, 3.8) is 0 Å². The van der Waals surface area contributed by atoms with E-state index in [1.54, 1.807) is 48.8 Å². The molecule has 1 saturated heterocycles. The lowest BCUT2D eigenvalue weighted by atomic mass is 10.0. The second-order valence-corrected chi connectivity index (χ2v) is 8.33. The highest BCUT2D eigenvalue weighted by atomic mass is 16.2. The van der Waals surface area contributed by atoms with Gasteiger partial charge >= 0.3 is 0 Å². The number of nitrogens with two attached hydrogens (primary N) is 1. The molecule has 0 saturated carbocycles. The standard InChI is InChI=1S/C26H29N5O2/c27-24(20-6-8-21(9-7-20)25(32)29-22-10-14-28-15-11-22)26(33)30-23-12-16-31(17-13-23)18-19-4-2-1-3-5-19/h1-11,14-15,23-24H,12-13,16-18,27H2,(H,30,33)(H,28,29,32). The number of rotatable bonds is 7. The maximum absolute atomic E-state index is 12.7. The van der Waals surface area contributed by atoms with Gasteiger partial charge in [-0.25, -0.2) is 0 Å². The van der Waals surface area contributed by atoms with Gasteiger partial charge in [0.1, 0.15) is 6.04 Å². The van der Waals surface area contributed by atoms with E-state index in [4.69, 9.17) is 5.73 Å². The van der Waals surface area contributed by atoms with Gasteiger partial charge in [0.05, 0.1) is 0 Å². The molecule has 7 nitrogen and oxygen atoms in total. The van der Waals surface area contributed by atoms with E-state index in [9.17, 15) is 9.59 Å². The predicted molar refractivity (Wildman–Crippen MR) is 128 cm³/mol. The van der Waals surface area contributed by atoms with E-state index in [0.717, 1.165) is 32.5 Å². The number of pyridine rings is 1. The fourth-order valence-electron chi connectivity index (χ4n) is 4.00. The molecule has 2 amide bonds. The maximum atomic E-state index is 12.7. The van der Waals surface area contributed by atoms with Gasteiger partial charge in [0.25, 0.3) is 5.91 Å². The molecule has 1 aromatic heterocycles. The van der Waals surface area contributed by atoms with E-state index in [1.807, 2.05) is 6.07 Å². The number of hydrogen-bond acceptors (Lipinski definition) is 5. The quantitative estimate of drug-likeness (QED) is 0.521. The van der Waals surface area contributed by atoms with Crippen molar-refractivity contribution in [3.05, 3.63) is 95.8 Å². The number of carbonyl (C=O) groups excluding carboxylic acids is 2. The van der Waals surface area contributed by atoms with E-state index in [2.05, 4.69) is 44.8 Å². The molecule has 0 spiro atoms. The van der Waals surface area contributed by atoms with Crippen molar-refractivity contribution in [2.75, 3.05) is 18.4 Å². The normalized spacial score (nSPS) is 15.5. The van der Waals surface area contributed by atoms with Crippen LogP contribution in [0, 0.1) is 0 Å². The SMILES string of the molecule is NC(C(=O)NC1CCN(Cc2ccccc2)CC1)c1ccc(C(=O)Nc2ccncc2)cc1. The van der Waals surface area contributed by atoms with E-state index >= 15 is 0 Å². The van der Waals surface area contributed by atoms with Crippen LogP contribution in [0.5, 0.6) is 0 Å². The molecular weight excluding hydrogens is 414 g/mol. The molecule has 170 valence electrons. The zero-order valence-corrected chi connectivity index (χ0v) is 18.5. The fourth-order valence-corrected chi connectivity index (χ4v) is 4.00. The third-order valence-corrected chi connectivity index (χ3v) is 5.94. The third kappa shape index (κ3) is 6.25. The van der Waals surface area contributed by atoms with Crippen LogP contribution in [-0.4, -0.2) is 40.8 Å². The summed E-state index contributed by atoms with van der Waals surface area (Å²) in [6.45, 7) is 2.81. The van der Waals surface area contributed by atoms with Gasteiger partial charge in [0.2, 0.25) is 5.91 Å². The van der Waals surface area contributed by atoms with E-state index in [0.29, 0.717) is 16.8 Å². The average Bonchev–Trinajstić information content (AvgIpc) is 2.86. The second kappa shape index (κ2) is 10.8. The van der Waals surface area contributed by atoms with Gasteiger partial charge in [-0.15, -0.1) is 0 Å². The number of hydrogen-bond donors (Lipinski definition) is 3. The number of likely N-dealkylation sites (tertiary alicyclic amines) is 1. The van der Waals surface area contributed by atoms with Crippen LogP contribution in [0.3, 0.4) is 0 Å². The van der Waals surface area contributed by atoms with Gasteiger partial charge in [-0.2, -0.15) is 0 Å². The molecule has 0 aliphatic carbocycles. The summed E-state index contributed by atoms with van der Waals surface area (Å²) in [6.07, 6.45) is 5.03. The van der Waals surface area contributed by atoms with Crippen molar-refractivity contribution in [1.82, 2.24) is 15.2 Å². The molecule has 1 fully saturated rings. The van der Waals surface area contributed by atoms with Gasteiger partial charge in [0.15, 0.2) is 0 Å². The highest BCUT2D eigenvalue weighted by molar-refractivity contribution is 6.04. The first-order valence-corrected chi connectivity index (χ1v) is 11.2. The molecule has 4 rings (SSSR count). The van der Waals surface area contributed by atoms with Gasteiger partial charge in [0, 0.05) is 49.3 Å². The number of nitrogens with zero attached hydrogens (tertiary/aromatic N) is 2. The summed E-state index contributed by atoms with van der Waals surface area (Å²) in [7, 11) is 0. The number of anilines is 1. The molecule has 2 aromatic carbocycles. The first-order chi connectivity index (χ1) is 16.1. The molecular formula is C26H29N5O2. The largest absolute Gasteiger partial charge is 0.352 e. The molecule has 1 aliphatic heterocycles. The number of amides is 2. The summed E-state index contributed by atoms with van der Waals surface area (Å²) >= 11 is 0. The summed E-state index contributed by atoms with van der Waals surface area (Å²) in [5.41, 5.74) is 9.35. The zero-order valence-electron chi connectivity index (χ0n) is 18.5. The van der Waals surface area contributed by atoms with Gasteiger partial charge in [-0.1, -0.05) is 42.5 Å². The monoisotopic (exact) mass is 443 g/mol. The Balaban J connectivity index is 1.25. The highest BCUT2D eigenvalue weighted by Crippen LogP contribution is 2.17. The minimum Gasteiger partial charge on any atom is -0.352 e. The van der Waals surface area contributed by atoms with Crippen LogP contribution in [0.2, 0.25) is 0 Å². The Kier molecular flexibility index (Phi) is 7.44. The van der Waals surface area contributed by atoms with E-state index in [1.165, 1.54) is 5.56 Å². The molecule has 0 bridgehead atoms. The van der Waals surface area contributed by atoms with Crippen molar-refractivity contribution in [3.8, 4) is 0 Å². The summed E-state index contributed by atoms with van der Waals surface area (Å²) in [5, 5.41) is 5.90. The number of nitrogens with one attached hydrogen (secondary N) is 2. The lowest BCUT2D eigenvalue weighted by Crippen LogP contribution is -2.46. The van der Waals surface area contributed by atoms with Gasteiger partial charge < -0.3 is 16.4 Å². The Hall–Kier alpha value is -3.55. The van der Waals surface area contributed by atoms with Gasteiger partial charge in [-0.3, -0.25) is 19.5 Å². The Morgan fingerprint density at radius 2 is 1.64 bits per heavy atom. The van der Waals surface area contributed by atoms with E-state index < -0.39 is 6.04 Å². The molecule has 2 heterocycles. The van der Waals surface area contributed by atoms with Crippen LogP contribution < -0.4 is 16.4 Å². The minimum absolute atomic E-state index is 0.126. The summed E-state index contributed by atoms with van der Waals surface area (Å²) < 4.78 is 0. The van der Waals surface area contributed by atoms with Crippen molar-refractivity contribution < 1.29 is 9.59 Å². The number of carbonyl (C=O) groups is 2. The topological polar surface area (TPSA) is 100 Å². The summed E-state index contributed by atoms with van der Waals surface area (Å²) in [4.78, 5) is 31.4. The van der Waals surface area contributed by atoms with Crippen LogP contribution in [-0.2, 0) is 11.3 Å². The lowest BCUT2D eigenvalue weighted by Gasteiger charge is -2.32. The molecule has 0 radical (unpaired) electrons. The van der Waals surface area contributed by atoms with Crippen LogP contribution in [0.15, 0.2) is 79.1 Å². The van der Waals surface area contributed by atoms with Crippen LogP contribution in [0.1, 0.15) is 40.4 Å². The average molecular weight is 444 g/mol. The minimum atomic E-state index is -0.773. The highest BCUT2D eigenvalue weighted by Gasteiger charge is 2.24. The van der Waals surface area contributed by atoms with Crippen molar-refractivity contribution in [2.24, 2.45) is 5.73 Å². The van der Waals surface area contributed by atoms with Crippen LogP contribution in [0.25, 0.3) is 0 Å². The van der Waals surface area contributed by atoms with E-state index in [-0.39, 0.29) is 17.9 Å². The zero-order chi connectivity index (χ0) is 23.0. The Morgan fingerprint density at radius 3 is 2.30 bits per heavy atom. The Bertz CT molecular complexity index is 1050. The molecule has 1 unspecified atom stereocenters. The molecule has 4 N–H and O–H groups in total. The van der Waals surface area contributed by atoms with Crippen molar-refractivity contribution in [1.29, 1.82) is 0 Å². The number of aromatic nitrogens is 1. The number of piperidine rings is 1. The molecule has 1 aliphatic rings. The smallest absolute Gasteiger partial charge is 0.255 e. The summed E-state index contributed by atoms with van der Waals surface area (Å²) in [5.74, 6) is -0.418. The molecule has 7 heteroatoms. The Morgan fingerprint density at radius 1 is 0.970 bits per heavy atom. The lowest BCUT2D eigenvalue weighted by molar-refractivity contribution is -0.123. The molecule has 1 atom stereocenters. The Labute approximate surface area is 194 Å². The number of benzene rings is 2. The maximum Gasteiger partial charge on any atom is 0.255 e. The predicted octanol–water partition coefficient (Wildman–Crippen LogP) is 3.11. The van der Waals surface area contributed by atoms with Crippen LogP contribution in [0.4, 0.5) is 5.69 Å². The summed E-state index contributed by atoms with van der Waals surface area (Å²) in [6, 6.07) is 20.0. The molecule has 33 heavy (non-hydrogen) atoms. The van der Waals surface area contributed by atoms with Crippen molar-refractivity contribution >= 4 is 17.5 Å². The van der Waals surface area contributed by atoms with Crippen LogP contribution >= 0.6 is 0 Å². The first kappa shape index (κ1) is 22.6. The molecule has 3 aromatic rings. The second-order valence-electron chi connectivity index (χ2n) is 8.33. The fraction of sp³-hybridized carbons (Fsp3) is 0.269. The van der Waals surface area contributed by atoms with Gasteiger partial charge in [-0.05, 0) is 48.2 Å².